The lowest BCUT2D eigenvalue weighted by Gasteiger charge is -2.25. The molecule has 2 aromatic heterocycles. The van der Waals surface area contributed by atoms with Gasteiger partial charge in [-0.3, -0.25) is 0 Å². The van der Waals surface area contributed by atoms with Gasteiger partial charge in [0.05, 0.1) is 33.7 Å². The number of aromatic nitrogens is 2. The van der Waals surface area contributed by atoms with E-state index in [9.17, 15) is 9.50 Å². The number of hydrogen-bond acceptors (Lipinski definition) is 4. The van der Waals surface area contributed by atoms with Crippen LogP contribution in [0.5, 0.6) is 5.75 Å². The number of phenolic OH excluding ortho intramolecular Hbond substituents is 1. The number of fused-ring (bicyclic) bond motifs is 1. The number of benzene rings is 1. The summed E-state index contributed by atoms with van der Waals surface area (Å²) in [5.41, 5.74) is 8.73. The molecule has 152 valence electrons. The first-order valence-electron chi connectivity index (χ1n) is 9.38. The molecule has 0 radical (unpaired) electrons. The van der Waals surface area contributed by atoms with Crippen LogP contribution in [0.15, 0.2) is 40.1 Å². The topological polar surface area (TPSA) is 87.9 Å². The van der Waals surface area contributed by atoms with Crippen molar-refractivity contribution >= 4 is 50.3 Å². The molecule has 0 aliphatic heterocycles. The summed E-state index contributed by atoms with van der Waals surface area (Å²) >= 11 is 9.59. The van der Waals surface area contributed by atoms with Crippen LogP contribution in [0.1, 0.15) is 37.7 Å². The first-order valence-corrected chi connectivity index (χ1v) is 10.6. The van der Waals surface area contributed by atoms with Gasteiger partial charge in [-0.15, -0.1) is 0 Å². The minimum absolute atomic E-state index is 0.105. The Morgan fingerprint density at radius 3 is 2.83 bits per heavy atom. The number of halogens is 3. The maximum Gasteiger partial charge on any atom is 0.167 e. The molecule has 2 heterocycles. The van der Waals surface area contributed by atoms with Crippen LogP contribution in [-0.4, -0.2) is 26.6 Å². The van der Waals surface area contributed by atoms with Crippen molar-refractivity contribution in [2.75, 3.05) is 5.32 Å². The van der Waals surface area contributed by atoms with Crippen molar-refractivity contribution in [1.82, 2.24) is 9.61 Å². The molecule has 0 unspecified atom stereocenters. The van der Waals surface area contributed by atoms with Gasteiger partial charge in [0.1, 0.15) is 5.84 Å². The highest BCUT2D eigenvalue weighted by atomic mass is 79.9. The largest absolute Gasteiger partial charge is 0.505 e. The highest BCUT2D eigenvalue weighted by Gasteiger charge is 2.19. The summed E-state index contributed by atoms with van der Waals surface area (Å²) in [5, 5.41) is 17.6. The predicted octanol–water partition coefficient (Wildman–Crippen LogP) is 5.38. The van der Waals surface area contributed by atoms with Crippen LogP contribution in [0, 0.1) is 5.82 Å². The number of nitrogens with two attached hydrogens (primary N) is 1. The number of anilines is 1. The maximum absolute atomic E-state index is 13.8. The fraction of sp³-hybridized carbons (Fsp3) is 0.300. The lowest BCUT2D eigenvalue weighted by molar-refractivity contribution is 0.432. The fourth-order valence-corrected chi connectivity index (χ4v) is 4.23. The molecule has 29 heavy (non-hydrogen) atoms. The summed E-state index contributed by atoms with van der Waals surface area (Å²) in [6.45, 7) is 0. The summed E-state index contributed by atoms with van der Waals surface area (Å²) in [6, 6.07) is 4.46. The van der Waals surface area contributed by atoms with Gasteiger partial charge in [-0.05, 0) is 34.8 Å². The summed E-state index contributed by atoms with van der Waals surface area (Å²) in [7, 11) is 0. The third-order valence-electron chi connectivity index (χ3n) is 5.09. The zero-order valence-corrected chi connectivity index (χ0v) is 17.8. The van der Waals surface area contributed by atoms with Crippen LogP contribution in [0.2, 0.25) is 5.02 Å². The molecule has 0 bridgehead atoms. The van der Waals surface area contributed by atoms with Crippen molar-refractivity contribution in [1.29, 1.82) is 0 Å². The monoisotopic (exact) mass is 479 g/mol. The highest BCUT2D eigenvalue weighted by molar-refractivity contribution is 9.10. The predicted molar refractivity (Wildman–Crippen MR) is 117 cm³/mol. The second-order valence-corrected chi connectivity index (χ2v) is 8.48. The minimum atomic E-state index is -0.814. The van der Waals surface area contributed by atoms with E-state index in [2.05, 4.69) is 31.3 Å². The summed E-state index contributed by atoms with van der Waals surface area (Å²) in [6.07, 6.45) is 9.29. The van der Waals surface area contributed by atoms with E-state index in [4.69, 9.17) is 17.3 Å². The van der Waals surface area contributed by atoms with Gasteiger partial charge in [-0.2, -0.15) is 5.10 Å². The zero-order valence-electron chi connectivity index (χ0n) is 15.5. The van der Waals surface area contributed by atoms with E-state index in [0.29, 0.717) is 11.6 Å². The van der Waals surface area contributed by atoms with E-state index in [1.54, 1.807) is 10.7 Å². The molecule has 3 aromatic rings. The van der Waals surface area contributed by atoms with Gasteiger partial charge in [0.25, 0.3) is 0 Å². The molecular weight excluding hydrogens is 461 g/mol. The molecule has 9 heteroatoms. The van der Waals surface area contributed by atoms with Gasteiger partial charge in [-0.1, -0.05) is 30.9 Å². The van der Waals surface area contributed by atoms with Crippen LogP contribution in [0.3, 0.4) is 0 Å². The SMILES string of the molecule is NC(=Nc1cc(F)c(O)cc1Cl)c1cnn2cc(Br)cc2c1NC1CCCCC1. The molecule has 4 rings (SSSR count). The van der Waals surface area contributed by atoms with E-state index in [-0.39, 0.29) is 16.5 Å². The normalized spacial score (nSPS) is 15.8. The molecule has 0 atom stereocenters. The summed E-state index contributed by atoms with van der Waals surface area (Å²) < 4.78 is 16.4. The summed E-state index contributed by atoms with van der Waals surface area (Å²) in [5.74, 6) is -1.19. The molecule has 1 saturated carbocycles. The zero-order chi connectivity index (χ0) is 20.5. The van der Waals surface area contributed by atoms with Crippen molar-refractivity contribution in [3.63, 3.8) is 0 Å². The van der Waals surface area contributed by atoms with Crippen LogP contribution in [0.4, 0.5) is 15.8 Å². The second-order valence-electron chi connectivity index (χ2n) is 7.15. The van der Waals surface area contributed by atoms with Gasteiger partial charge in [-0.25, -0.2) is 13.9 Å². The van der Waals surface area contributed by atoms with Crippen molar-refractivity contribution in [3.8, 4) is 5.75 Å². The average molecular weight is 481 g/mol. The molecular formula is C20H20BrClFN5O. The lowest BCUT2D eigenvalue weighted by atomic mass is 9.95. The van der Waals surface area contributed by atoms with Crippen molar-refractivity contribution < 1.29 is 9.50 Å². The van der Waals surface area contributed by atoms with E-state index < -0.39 is 11.6 Å². The Morgan fingerprint density at radius 2 is 2.07 bits per heavy atom. The molecule has 0 spiro atoms. The van der Waals surface area contributed by atoms with Crippen molar-refractivity contribution in [3.05, 3.63) is 51.5 Å². The Kier molecular flexibility index (Phi) is 5.65. The number of aromatic hydroxyl groups is 1. The highest BCUT2D eigenvalue weighted by Crippen LogP contribution is 2.33. The second kappa shape index (κ2) is 8.20. The third kappa shape index (κ3) is 4.18. The molecule has 6 nitrogen and oxygen atoms in total. The molecule has 0 saturated heterocycles. The van der Waals surface area contributed by atoms with Crippen LogP contribution < -0.4 is 11.1 Å². The molecule has 1 aliphatic rings. The number of amidine groups is 1. The van der Waals surface area contributed by atoms with E-state index in [0.717, 1.165) is 40.7 Å². The first-order chi connectivity index (χ1) is 13.9. The summed E-state index contributed by atoms with van der Waals surface area (Å²) in [4.78, 5) is 4.31. The standard InChI is InChI=1S/C20H20BrClFN5O/c21-11-6-17-19(26-12-4-2-1-3-5-12)13(9-25-28(17)10-11)20(24)27-16-8-15(23)18(29)7-14(16)22/h6-10,12,26,29H,1-5H2,(H2,24,27). The van der Waals surface area contributed by atoms with E-state index in [1.165, 1.54) is 19.3 Å². The minimum Gasteiger partial charge on any atom is -0.505 e. The Hall–Kier alpha value is -2.32. The van der Waals surface area contributed by atoms with Crippen LogP contribution in [-0.2, 0) is 0 Å². The molecule has 1 fully saturated rings. The average Bonchev–Trinajstić information content (AvgIpc) is 3.08. The number of rotatable bonds is 4. The smallest absolute Gasteiger partial charge is 0.167 e. The molecule has 1 aromatic carbocycles. The van der Waals surface area contributed by atoms with Crippen molar-refractivity contribution in [2.24, 2.45) is 10.7 Å². The maximum atomic E-state index is 13.8. The van der Waals surface area contributed by atoms with Gasteiger partial charge >= 0.3 is 0 Å². The third-order valence-corrected chi connectivity index (χ3v) is 5.83. The molecule has 0 amide bonds. The Bertz CT molecular complexity index is 1090. The van der Waals surface area contributed by atoms with E-state index >= 15 is 0 Å². The number of nitrogens with one attached hydrogen (secondary N) is 1. The van der Waals surface area contributed by atoms with Gasteiger partial charge in [0.15, 0.2) is 11.6 Å². The van der Waals surface area contributed by atoms with Gasteiger partial charge in [0.2, 0.25) is 0 Å². The first kappa shape index (κ1) is 20.0. The van der Waals surface area contributed by atoms with E-state index in [1.807, 2.05) is 12.3 Å². The Morgan fingerprint density at radius 1 is 1.31 bits per heavy atom. The number of nitrogens with zero attached hydrogens (tertiary/aromatic N) is 3. The van der Waals surface area contributed by atoms with Gasteiger partial charge in [0, 0.05) is 28.8 Å². The number of aliphatic imine (C=N–C) groups is 1. The number of phenols is 1. The van der Waals surface area contributed by atoms with Crippen LogP contribution >= 0.6 is 27.5 Å². The van der Waals surface area contributed by atoms with Gasteiger partial charge < -0.3 is 16.2 Å². The lowest BCUT2D eigenvalue weighted by Crippen LogP contribution is -2.25. The number of hydrogen-bond donors (Lipinski definition) is 3. The Balaban J connectivity index is 1.79. The van der Waals surface area contributed by atoms with Crippen molar-refractivity contribution in [2.45, 2.75) is 38.1 Å². The quantitative estimate of drug-likeness (QED) is 0.346. The molecule has 4 N–H and O–H groups in total. The van der Waals surface area contributed by atoms with Crippen LogP contribution in [0.25, 0.3) is 5.52 Å². The Labute approximate surface area is 180 Å². The molecule has 1 aliphatic carbocycles. The fourth-order valence-electron chi connectivity index (χ4n) is 3.62.